The predicted octanol–water partition coefficient (Wildman–Crippen LogP) is 3.06. The molecule has 0 bridgehead atoms. The summed E-state index contributed by atoms with van der Waals surface area (Å²) >= 11 is 0. The zero-order valence-electron chi connectivity index (χ0n) is 13.5. The number of aliphatic hydroxyl groups is 1. The van der Waals surface area contributed by atoms with Crippen LogP contribution in [0.4, 0.5) is 0 Å². The SMILES string of the molecule is Cc1ccc(CCC(=O)N2C[C@H](O)C[C@H]2C2CCCCC2)o1. The highest BCUT2D eigenvalue weighted by Crippen LogP contribution is 2.34. The molecule has 4 heteroatoms. The topological polar surface area (TPSA) is 53.7 Å². The van der Waals surface area contributed by atoms with Crippen LogP contribution in [0.2, 0.25) is 0 Å². The van der Waals surface area contributed by atoms with Gasteiger partial charge in [0.1, 0.15) is 11.5 Å². The maximum absolute atomic E-state index is 12.6. The molecule has 1 aromatic heterocycles. The molecule has 1 aliphatic heterocycles. The molecule has 0 aromatic carbocycles. The van der Waals surface area contributed by atoms with Crippen molar-refractivity contribution in [1.29, 1.82) is 0 Å². The molecule has 2 aliphatic rings. The highest BCUT2D eigenvalue weighted by atomic mass is 16.3. The molecule has 22 heavy (non-hydrogen) atoms. The molecule has 2 heterocycles. The summed E-state index contributed by atoms with van der Waals surface area (Å²) in [6.45, 7) is 2.43. The second-order valence-electron chi connectivity index (χ2n) is 6.91. The first kappa shape index (κ1) is 15.6. The minimum Gasteiger partial charge on any atom is -0.466 e. The van der Waals surface area contributed by atoms with Gasteiger partial charge in [-0.05, 0) is 44.2 Å². The molecule has 122 valence electrons. The smallest absolute Gasteiger partial charge is 0.223 e. The second kappa shape index (κ2) is 6.86. The number of nitrogens with zero attached hydrogens (tertiary/aromatic N) is 1. The number of carbonyl (C=O) groups excluding carboxylic acids is 1. The number of amides is 1. The quantitative estimate of drug-likeness (QED) is 0.930. The summed E-state index contributed by atoms with van der Waals surface area (Å²) in [5, 5.41) is 10.0. The van der Waals surface area contributed by atoms with Crippen molar-refractivity contribution in [3.8, 4) is 0 Å². The van der Waals surface area contributed by atoms with Crippen molar-refractivity contribution in [2.75, 3.05) is 6.54 Å². The van der Waals surface area contributed by atoms with E-state index in [9.17, 15) is 9.90 Å². The number of hydrogen-bond acceptors (Lipinski definition) is 3. The lowest BCUT2D eigenvalue weighted by Gasteiger charge is -2.33. The van der Waals surface area contributed by atoms with Crippen molar-refractivity contribution in [2.24, 2.45) is 5.92 Å². The number of aryl methyl sites for hydroxylation is 2. The third-order valence-electron chi connectivity index (χ3n) is 5.22. The Bertz CT molecular complexity index is 504. The molecule has 1 N–H and O–H groups in total. The molecule has 1 aromatic rings. The first-order valence-corrected chi connectivity index (χ1v) is 8.66. The van der Waals surface area contributed by atoms with Crippen molar-refractivity contribution in [3.63, 3.8) is 0 Å². The lowest BCUT2D eigenvalue weighted by atomic mass is 9.82. The van der Waals surface area contributed by atoms with Gasteiger partial charge in [-0.15, -0.1) is 0 Å². The highest BCUT2D eigenvalue weighted by Gasteiger charge is 2.38. The highest BCUT2D eigenvalue weighted by molar-refractivity contribution is 5.77. The maximum atomic E-state index is 12.6. The standard InChI is InChI=1S/C18H27NO3/c1-13-7-8-16(22-13)9-10-18(21)19-12-15(20)11-17(19)14-5-3-2-4-6-14/h7-8,14-15,17,20H,2-6,9-12H2,1H3/t15-,17+/m1/s1. The first-order chi connectivity index (χ1) is 10.6. The normalized spacial score (nSPS) is 26.5. The number of β-amino-alcohol motifs (C(OH)–C–C–N with tert-alkyl or cyclic N) is 1. The molecule has 0 unspecified atom stereocenters. The summed E-state index contributed by atoms with van der Waals surface area (Å²) in [5.74, 6) is 2.51. The van der Waals surface area contributed by atoms with Gasteiger partial charge in [-0.3, -0.25) is 4.79 Å². The molecular formula is C18H27NO3. The van der Waals surface area contributed by atoms with Crippen LogP contribution in [0, 0.1) is 12.8 Å². The summed E-state index contributed by atoms with van der Waals surface area (Å²) < 4.78 is 5.54. The van der Waals surface area contributed by atoms with Gasteiger partial charge in [-0.2, -0.15) is 0 Å². The second-order valence-corrected chi connectivity index (χ2v) is 6.91. The summed E-state index contributed by atoms with van der Waals surface area (Å²) in [6.07, 6.45) is 7.81. The zero-order valence-corrected chi connectivity index (χ0v) is 13.5. The van der Waals surface area contributed by atoms with Gasteiger partial charge >= 0.3 is 0 Å². The Morgan fingerprint density at radius 1 is 1.32 bits per heavy atom. The third-order valence-corrected chi connectivity index (χ3v) is 5.22. The van der Waals surface area contributed by atoms with Gasteiger partial charge in [-0.25, -0.2) is 0 Å². The number of furan rings is 1. The summed E-state index contributed by atoms with van der Waals surface area (Å²) in [4.78, 5) is 14.6. The minimum atomic E-state index is -0.346. The minimum absolute atomic E-state index is 0.168. The maximum Gasteiger partial charge on any atom is 0.223 e. The van der Waals surface area contributed by atoms with Crippen LogP contribution in [0.1, 0.15) is 56.5 Å². The van der Waals surface area contributed by atoms with Gasteiger partial charge in [0.05, 0.1) is 6.10 Å². The molecule has 1 saturated carbocycles. The van der Waals surface area contributed by atoms with Crippen molar-refractivity contribution in [2.45, 2.75) is 70.4 Å². The summed E-state index contributed by atoms with van der Waals surface area (Å²) in [7, 11) is 0. The van der Waals surface area contributed by atoms with Crippen LogP contribution in [-0.4, -0.2) is 34.6 Å². The Balaban J connectivity index is 1.59. The summed E-state index contributed by atoms with van der Waals surface area (Å²) in [6, 6.07) is 4.13. The van der Waals surface area contributed by atoms with E-state index in [0.29, 0.717) is 25.3 Å². The van der Waals surface area contributed by atoms with Gasteiger partial charge in [0, 0.05) is 25.4 Å². The first-order valence-electron chi connectivity index (χ1n) is 8.66. The fourth-order valence-corrected chi connectivity index (χ4v) is 4.09. The number of hydrogen-bond donors (Lipinski definition) is 1. The van der Waals surface area contributed by atoms with Crippen LogP contribution in [-0.2, 0) is 11.2 Å². The zero-order chi connectivity index (χ0) is 15.5. The molecule has 4 nitrogen and oxygen atoms in total. The molecule has 1 saturated heterocycles. The van der Waals surface area contributed by atoms with E-state index in [-0.39, 0.29) is 18.1 Å². The molecule has 0 radical (unpaired) electrons. The molecule has 2 fully saturated rings. The Morgan fingerprint density at radius 3 is 2.77 bits per heavy atom. The predicted molar refractivity (Wildman–Crippen MR) is 84.5 cm³/mol. The fourth-order valence-electron chi connectivity index (χ4n) is 4.09. The van der Waals surface area contributed by atoms with E-state index in [2.05, 4.69) is 0 Å². The van der Waals surface area contributed by atoms with Crippen LogP contribution in [0.3, 0.4) is 0 Å². The Kier molecular flexibility index (Phi) is 4.87. The van der Waals surface area contributed by atoms with E-state index in [1.807, 2.05) is 24.0 Å². The van der Waals surface area contributed by atoms with Gasteiger partial charge in [-0.1, -0.05) is 19.3 Å². The van der Waals surface area contributed by atoms with Crippen LogP contribution >= 0.6 is 0 Å². The van der Waals surface area contributed by atoms with E-state index in [1.54, 1.807) is 0 Å². The number of rotatable bonds is 4. The van der Waals surface area contributed by atoms with Crippen molar-refractivity contribution in [1.82, 2.24) is 4.90 Å². The lowest BCUT2D eigenvalue weighted by molar-refractivity contribution is -0.133. The van der Waals surface area contributed by atoms with Crippen LogP contribution in [0.15, 0.2) is 16.5 Å². The van der Waals surface area contributed by atoms with Crippen molar-refractivity contribution in [3.05, 3.63) is 23.7 Å². The number of aliphatic hydroxyl groups excluding tert-OH is 1. The Morgan fingerprint density at radius 2 is 2.09 bits per heavy atom. The number of likely N-dealkylation sites (tertiary alicyclic amines) is 1. The van der Waals surface area contributed by atoms with Crippen molar-refractivity contribution < 1.29 is 14.3 Å². The largest absolute Gasteiger partial charge is 0.466 e. The van der Waals surface area contributed by atoms with Gasteiger partial charge in [0.15, 0.2) is 0 Å². The van der Waals surface area contributed by atoms with Gasteiger partial charge in [0.25, 0.3) is 0 Å². The van der Waals surface area contributed by atoms with Crippen molar-refractivity contribution >= 4 is 5.91 Å². The number of carbonyl (C=O) groups is 1. The van der Waals surface area contributed by atoms with E-state index in [0.717, 1.165) is 17.9 Å². The molecule has 1 amide bonds. The molecule has 0 spiro atoms. The monoisotopic (exact) mass is 305 g/mol. The molecule has 3 rings (SSSR count). The third kappa shape index (κ3) is 3.54. The summed E-state index contributed by atoms with van der Waals surface area (Å²) in [5.41, 5.74) is 0. The molecule has 1 aliphatic carbocycles. The Hall–Kier alpha value is -1.29. The molecule has 2 atom stereocenters. The van der Waals surface area contributed by atoms with E-state index >= 15 is 0 Å². The van der Waals surface area contributed by atoms with E-state index < -0.39 is 0 Å². The fraction of sp³-hybridized carbons (Fsp3) is 0.722. The van der Waals surface area contributed by atoms with Crippen LogP contribution in [0.5, 0.6) is 0 Å². The van der Waals surface area contributed by atoms with Gasteiger partial charge < -0.3 is 14.4 Å². The van der Waals surface area contributed by atoms with E-state index in [1.165, 1.54) is 32.1 Å². The van der Waals surface area contributed by atoms with Crippen LogP contribution < -0.4 is 0 Å². The Labute approximate surface area is 132 Å². The lowest BCUT2D eigenvalue weighted by Crippen LogP contribution is -2.41. The van der Waals surface area contributed by atoms with E-state index in [4.69, 9.17) is 4.42 Å². The molecular weight excluding hydrogens is 278 g/mol. The average Bonchev–Trinajstić information content (AvgIpc) is 3.11. The van der Waals surface area contributed by atoms with Crippen LogP contribution in [0.25, 0.3) is 0 Å². The van der Waals surface area contributed by atoms with Gasteiger partial charge in [0.2, 0.25) is 5.91 Å². The average molecular weight is 305 g/mol.